The summed E-state index contributed by atoms with van der Waals surface area (Å²) in [7, 11) is 4.15. The normalized spacial score (nSPS) is 12.8. The molecule has 0 aliphatic rings. The van der Waals surface area contributed by atoms with Crippen molar-refractivity contribution in [3.8, 4) is 0 Å². The van der Waals surface area contributed by atoms with E-state index in [1.165, 1.54) is 11.1 Å². The second-order valence-electron chi connectivity index (χ2n) is 4.90. The summed E-state index contributed by atoms with van der Waals surface area (Å²) in [5.74, 6) is 1.00. The third kappa shape index (κ3) is 3.46. The van der Waals surface area contributed by atoms with Crippen molar-refractivity contribution in [2.24, 2.45) is 0 Å². The minimum absolute atomic E-state index is 0.362. The first-order chi connectivity index (χ1) is 9.22. The van der Waals surface area contributed by atoms with E-state index in [0.717, 1.165) is 18.8 Å². The first-order valence-electron chi connectivity index (χ1n) is 6.65. The largest absolute Gasteiger partial charge is 0.469 e. The molecule has 2 rings (SSSR count). The van der Waals surface area contributed by atoms with Gasteiger partial charge < -0.3 is 9.73 Å². The lowest BCUT2D eigenvalue weighted by Gasteiger charge is -2.28. The van der Waals surface area contributed by atoms with Crippen LogP contribution in [0.25, 0.3) is 0 Å². The van der Waals surface area contributed by atoms with Gasteiger partial charge in [-0.3, -0.25) is 4.90 Å². The van der Waals surface area contributed by atoms with Crippen molar-refractivity contribution in [2.45, 2.75) is 19.5 Å². The number of aryl methyl sites for hydroxylation is 1. The highest BCUT2D eigenvalue weighted by atomic mass is 16.3. The van der Waals surface area contributed by atoms with Crippen molar-refractivity contribution in [2.75, 3.05) is 20.6 Å². The van der Waals surface area contributed by atoms with Crippen LogP contribution in [-0.4, -0.2) is 25.5 Å². The lowest BCUT2D eigenvalue weighted by Crippen LogP contribution is -2.31. The fourth-order valence-electron chi connectivity index (χ4n) is 2.35. The number of nitrogens with one attached hydrogen (secondary N) is 1. The number of hydrogen-bond donors (Lipinski definition) is 1. The lowest BCUT2D eigenvalue weighted by atomic mass is 10.0. The van der Waals surface area contributed by atoms with Crippen molar-refractivity contribution in [3.63, 3.8) is 0 Å². The zero-order valence-electron chi connectivity index (χ0n) is 11.9. The van der Waals surface area contributed by atoms with E-state index in [2.05, 4.69) is 47.6 Å². The fraction of sp³-hybridized carbons (Fsp3) is 0.375. The van der Waals surface area contributed by atoms with Crippen LogP contribution in [0, 0.1) is 6.92 Å². The van der Waals surface area contributed by atoms with Gasteiger partial charge in [-0.15, -0.1) is 0 Å². The smallest absolute Gasteiger partial charge is 0.105 e. The highest BCUT2D eigenvalue weighted by molar-refractivity contribution is 5.21. The molecule has 0 aliphatic heterocycles. The molecular formula is C16H22N2O. The number of nitrogens with zero attached hydrogens (tertiary/aromatic N) is 1. The molecule has 0 spiro atoms. The molecule has 2 aromatic rings. The maximum atomic E-state index is 5.37. The van der Waals surface area contributed by atoms with E-state index < -0.39 is 0 Å². The lowest BCUT2D eigenvalue weighted by molar-refractivity contribution is 0.232. The van der Waals surface area contributed by atoms with Crippen LogP contribution in [0.3, 0.4) is 0 Å². The molecule has 102 valence electrons. The van der Waals surface area contributed by atoms with Gasteiger partial charge in [0.2, 0.25) is 0 Å². The van der Waals surface area contributed by atoms with Crippen LogP contribution in [-0.2, 0) is 6.54 Å². The predicted molar refractivity (Wildman–Crippen MR) is 78.0 cm³/mol. The number of benzene rings is 1. The monoisotopic (exact) mass is 258 g/mol. The van der Waals surface area contributed by atoms with Crippen LogP contribution in [0.15, 0.2) is 47.1 Å². The van der Waals surface area contributed by atoms with Crippen molar-refractivity contribution in [1.29, 1.82) is 0 Å². The van der Waals surface area contributed by atoms with Gasteiger partial charge in [0.1, 0.15) is 5.76 Å². The first-order valence-corrected chi connectivity index (χ1v) is 6.65. The zero-order valence-corrected chi connectivity index (χ0v) is 11.9. The second-order valence-corrected chi connectivity index (χ2v) is 4.90. The predicted octanol–water partition coefficient (Wildman–Crippen LogP) is 2.98. The van der Waals surface area contributed by atoms with E-state index in [9.17, 15) is 0 Å². The topological polar surface area (TPSA) is 28.4 Å². The Morgan fingerprint density at radius 2 is 1.95 bits per heavy atom. The summed E-state index contributed by atoms with van der Waals surface area (Å²) in [6.07, 6.45) is 1.76. The summed E-state index contributed by atoms with van der Waals surface area (Å²) >= 11 is 0. The van der Waals surface area contributed by atoms with Crippen molar-refractivity contribution < 1.29 is 4.42 Å². The highest BCUT2D eigenvalue weighted by Crippen LogP contribution is 2.21. The fourth-order valence-corrected chi connectivity index (χ4v) is 2.35. The summed E-state index contributed by atoms with van der Waals surface area (Å²) in [6, 6.07) is 13.0. The Kier molecular flexibility index (Phi) is 4.77. The molecule has 0 aliphatic carbocycles. The average Bonchev–Trinajstić information content (AvgIpc) is 2.82. The van der Waals surface area contributed by atoms with E-state index >= 15 is 0 Å². The van der Waals surface area contributed by atoms with Gasteiger partial charge >= 0.3 is 0 Å². The van der Waals surface area contributed by atoms with Crippen molar-refractivity contribution in [3.05, 3.63) is 59.5 Å². The van der Waals surface area contributed by atoms with Crippen LogP contribution in [0.2, 0.25) is 0 Å². The Morgan fingerprint density at radius 1 is 1.21 bits per heavy atom. The maximum Gasteiger partial charge on any atom is 0.105 e. The second kappa shape index (κ2) is 6.55. The Hall–Kier alpha value is -1.58. The molecule has 1 unspecified atom stereocenters. The third-order valence-electron chi connectivity index (χ3n) is 3.50. The molecule has 1 N–H and O–H groups in total. The summed E-state index contributed by atoms with van der Waals surface area (Å²) in [4.78, 5) is 2.35. The number of likely N-dealkylation sites (N-methyl/N-ethyl adjacent to an activating group) is 2. The molecule has 3 nitrogen and oxygen atoms in total. The minimum atomic E-state index is 0.362. The van der Waals surface area contributed by atoms with Gasteiger partial charge in [0.25, 0.3) is 0 Å². The Morgan fingerprint density at radius 3 is 2.53 bits per heavy atom. The van der Waals surface area contributed by atoms with Crippen LogP contribution in [0.1, 0.15) is 22.9 Å². The molecule has 0 saturated carbocycles. The van der Waals surface area contributed by atoms with Crippen LogP contribution < -0.4 is 5.32 Å². The Balaban J connectivity index is 2.13. The van der Waals surface area contributed by atoms with Gasteiger partial charge in [0.15, 0.2) is 0 Å². The van der Waals surface area contributed by atoms with E-state index in [1.807, 2.05) is 20.0 Å². The maximum absolute atomic E-state index is 5.37. The van der Waals surface area contributed by atoms with Crippen LogP contribution in [0.4, 0.5) is 0 Å². The van der Waals surface area contributed by atoms with Crippen LogP contribution in [0.5, 0.6) is 0 Å². The molecular weight excluding hydrogens is 236 g/mol. The molecule has 1 heterocycles. The minimum Gasteiger partial charge on any atom is -0.469 e. The summed E-state index contributed by atoms with van der Waals surface area (Å²) in [5.41, 5.74) is 2.58. The average molecular weight is 258 g/mol. The third-order valence-corrected chi connectivity index (χ3v) is 3.50. The van der Waals surface area contributed by atoms with Gasteiger partial charge in [-0.2, -0.15) is 0 Å². The zero-order chi connectivity index (χ0) is 13.7. The van der Waals surface area contributed by atoms with E-state index in [4.69, 9.17) is 4.42 Å². The number of furan rings is 1. The Labute approximate surface area is 115 Å². The van der Waals surface area contributed by atoms with E-state index in [0.29, 0.717) is 6.04 Å². The molecule has 19 heavy (non-hydrogen) atoms. The van der Waals surface area contributed by atoms with Gasteiger partial charge in [-0.1, -0.05) is 30.3 Å². The van der Waals surface area contributed by atoms with E-state index in [-0.39, 0.29) is 0 Å². The molecule has 0 amide bonds. The van der Waals surface area contributed by atoms with Gasteiger partial charge in [-0.05, 0) is 32.6 Å². The van der Waals surface area contributed by atoms with E-state index in [1.54, 1.807) is 6.26 Å². The molecule has 1 aromatic carbocycles. The van der Waals surface area contributed by atoms with Gasteiger partial charge in [0.05, 0.1) is 6.26 Å². The number of rotatable bonds is 6. The van der Waals surface area contributed by atoms with Crippen molar-refractivity contribution in [1.82, 2.24) is 10.2 Å². The summed E-state index contributed by atoms with van der Waals surface area (Å²) < 4.78 is 5.37. The van der Waals surface area contributed by atoms with Crippen LogP contribution >= 0.6 is 0 Å². The molecule has 0 bridgehead atoms. The van der Waals surface area contributed by atoms with Gasteiger partial charge in [0, 0.05) is 24.7 Å². The molecule has 1 atom stereocenters. The molecule has 0 fully saturated rings. The first kappa shape index (κ1) is 13.8. The molecule has 0 radical (unpaired) electrons. The number of hydrogen-bond acceptors (Lipinski definition) is 3. The summed E-state index contributed by atoms with van der Waals surface area (Å²) in [6.45, 7) is 3.83. The standard InChI is InChI=1S/C16H22N2O/c1-13-15(9-10-19-13)12-18(3)16(11-17-2)14-7-5-4-6-8-14/h4-10,16-17H,11-12H2,1-3H3. The molecule has 3 heteroatoms. The Bertz CT molecular complexity index is 492. The summed E-state index contributed by atoms with van der Waals surface area (Å²) in [5, 5.41) is 3.28. The highest BCUT2D eigenvalue weighted by Gasteiger charge is 2.17. The molecule has 1 aromatic heterocycles. The quantitative estimate of drug-likeness (QED) is 0.863. The van der Waals surface area contributed by atoms with Crippen molar-refractivity contribution >= 4 is 0 Å². The van der Waals surface area contributed by atoms with Gasteiger partial charge in [-0.25, -0.2) is 0 Å². The SMILES string of the molecule is CNCC(c1ccccc1)N(C)Cc1ccoc1C. The molecule has 0 saturated heterocycles.